The van der Waals surface area contributed by atoms with Gasteiger partial charge in [-0.3, -0.25) is 33.6 Å². The lowest BCUT2D eigenvalue weighted by Gasteiger charge is -2.29. The van der Waals surface area contributed by atoms with Crippen molar-refractivity contribution in [1.82, 2.24) is 47.2 Å². The molecule has 79 heavy (non-hydrogen) atoms. The van der Waals surface area contributed by atoms with E-state index in [2.05, 4.69) is 72.4 Å². The summed E-state index contributed by atoms with van der Waals surface area (Å²) in [4.78, 5) is 118. The third-order valence-electron chi connectivity index (χ3n) is 13.3. The number of rotatable bonds is 30. The molecular weight excluding hydrogens is 1050 g/mol. The number of carbonyl (C=O) groups is 8. The van der Waals surface area contributed by atoms with Crippen LogP contribution in [0.15, 0.2) is 122 Å². The lowest BCUT2D eigenvalue weighted by Crippen LogP contribution is -2.62. The van der Waals surface area contributed by atoms with E-state index in [1.54, 1.807) is 73.1 Å². The first-order valence-electron chi connectivity index (χ1n) is 25.9. The van der Waals surface area contributed by atoms with Crippen LogP contribution in [0.1, 0.15) is 48.4 Å². The van der Waals surface area contributed by atoms with E-state index in [4.69, 9.17) is 11.5 Å². The van der Waals surface area contributed by atoms with Crippen LogP contribution in [-0.4, -0.2) is 140 Å². The molecule has 0 saturated carbocycles. The first-order valence-corrected chi connectivity index (χ1v) is 27.1. The number of aliphatic carboxylic acids is 1. The molecule has 0 aliphatic heterocycles. The van der Waals surface area contributed by atoms with Crippen molar-refractivity contribution < 1.29 is 48.6 Å². The molecule has 15 N–H and O–H groups in total. The van der Waals surface area contributed by atoms with Crippen LogP contribution in [0, 0.1) is 0 Å². The second kappa shape index (κ2) is 29.9. The number of fused-ring (bicyclic) bond motifs is 2. The fourth-order valence-electron chi connectivity index (χ4n) is 8.90. The Morgan fingerprint density at radius 3 is 1.32 bits per heavy atom. The number of aliphatic hydroxyl groups is 1. The minimum atomic E-state index is -1.70. The molecule has 21 nitrogen and oxygen atoms in total. The van der Waals surface area contributed by atoms with Crippen molar-refractivity contribution in [2.75, 3.05) is 18.1 Å². The predicted octanol–water partition coefficient (Wildman–Crippen LogP) is 1.09. The topological polar surface area (TPSA) is 345 Å². The number of carboxylic acid groups (broad SMARTS) is 1. The summed E-state index contributed by atoms with van der Waals surface area (Å²) < 4.78 is 0. The van der Waals surface area contributed by atoms with Crippen LogP contribution in [0.4, 0.5) is 0 Å². The maximum atomic E-state index is 15.0. The average Bonchev–Trinajstić information content (AvgIpc) is 4.06. The summed E-state index contributed by atoms with van der Waals surface area (Å²) >= 11 is 8.19. The van der Waals surface area contributed by atoms with E-state index in [-0.39, 0.29) is 50.2 Å². The molecule has 0 aliphatic rings. The quantitative estimate of drug-likeness (QED) is 0.0223. The lowest BCUT2D eigenvalue weighted by molar-refractivity contribution is -0.141. The minimum Gasteiger partial charge on any atom is -0.480 e. The molecule has 6 rings (SSSR count). The Balaban J connectivity index is 1.30. The highest BCUT2D eigenvalue weighted by Gasteiger charge is 2.36. The monoisotopic (exact) mass is 1120 g/mol. The number of para-hydroxylation sites is 2. The molecule has 23 heteroatoms. The van der Waals surface area contributed by atoms with E-state index in [1.807, 2.05) is 48.5 Å². The van der Waals surface area contributed by atoms with Gasteiger partial charge >= 0.3 is 5.97 Å². The van der Waals surface area contributed by atoms with Crippen LogP contribution in [0.2, 0.25) is 0 Å². The number of thiol groups is 2. The van der Waals surface area contributed by atoms with E-state index < -0.39 is 102 Å². The molecule has 0 bridgehead atoms. The molecule has 0 spiro atoms. The van der Waals surface area contributed by atoms with Gasteiger partial charge < -0.3 is 68.9 Å². The van der Waals surface area contributed by atoms with Gasteiger partial charge in [0.25, 0.3) is 0 Å². The molecule has 0 radical (unpaired) electrons. The van der Waals surface area contributed by atoms with Gasteiger partial charge in [0.15, 0.2) is 0 Å². The van der Waals surface area contributed by atoms with Crippen LogP contribution in [0.3, 0.4) is 0 Å². The number of nitrogens with one attached hydrogen (secondary N) is 9. The van der Waals surface area contributed by atoms with E-state index in [0.717, 1.165) is 21.8 Å². The number of nitrogens with two attached hydrogens (primary N) is 2. The fraction of sp³-hybridized carbons (Fsp3) is 0.357. The van der Waals surface area contributed by atoms with Gasteiger partial charge in [-0.25, -0.2) is 4.79 Å². The Morgan fingerprint density at radius 2 is 0.886 bits per heavy atom. The Morgan fingerprint density at radius 1 is 0.494 bits per heavy atom. The highest BCUT2D eigenvalue weighted by Crippen LogP contribution is 2.22. The molecule has 7 amide bonds. The van der Waals surface area contributed by atoms with E-state index in [9.17, 15) is 43.8 Å². The second-order valence-corrected chi connectivity index (χ2v) is 19.9. The molecule has 0 fully saturated rings. The van der Waals surface area contributed by atoms with Gasteiger partial charge in [0.05, 0.1) is 12.1 Å². The van der Waals surface area contributed by atoms with Crippen LogP contribution >= 0.6 is 25.3 Å². The van der Waals surface area contributed by atoms with Crippen molar-refractivity contribution in [3.05, 3.63) is 144 Å². The first-order chi connectivity index (χ1) is 38.0. The molecule has 2 aromatic heterocycles. The number of carbonyl (C=O) groups excluding carboxylic acids is 7. The zero-order chi connectivity index (χ0) is 57.0. The Bertz CT molecular complexity index is 3030. The third kappa shape index (κ3) is 17.4. The predicted molar refractivity (Wildman–Crippen MR) is 306 cm³/mol. The number of unbranched alkanes of at least 4 members (excludes halogenated alkanes) is 1. The normalized spacial score (nSPS) is 14.7. The smallest absolute Gasteiger partial charge is 0.327 e. The molecule has 2 heterocycles. The van der Waals surface area contributed by atoms with Crippen molar-refractivity contribution in [2.24, 2.45) is 11.5 Å². The molecule has 6 aromatic rings. The number of carboxylic acids is 1. The van der Waals surface area contributed by atoms with Gasteiger partial charge in [0.2, 0.25) is 41.4 Å². The lowest BCUT2D eigenvalue weighted by atomic mass is 10.00. The van der Waals surface area contributed by atoms with Crippen LogP contribution in [-0.2, 0) is 64.0 Å². The Hall–Kier alpha value is -7.70. The van der Waals surface area contributed by atoms with Gasteiger partial charge in [-0.2, -0.15) is 25.3 Å². The van der Waals surface area contributed by atoms with Crippen LogP contribution in [0.25, 0.3) is 21.8 Å². The molecule has 9 atom stereocenters. The van der Waals surface area contributed by atoms with Gasteiger partial charge in [0.1, 0.15) is 42.3 Å². The second-order valence-electron chi connectivity index (χ2n) is 19.2. The SMILES string of the molecule is CC(O)[C@H](NC(=O)[C@H](CCCCN)NC(=O)[C@@H](Cc1c[nH]c2ccccc12)NC(=O)[C@H](Cc1c[nH]c2ccccc12)NC(=O)[C@H](Cc1ccccc1)NC(=O)[C@@H](N)CS)C(=O)N[C@@H](Cc1ccccc1)C(=O)N[C@H](CS)C(=O)O. The van der Waals surface area contributed by atoms with Crippen molar-refractivity contribution in [3.63, 3.8) is 0 Å². The van der Waals surface area contributed by atoms with Crippen LogP contribution < -0.4 is 48.7 Å². The number of aliphatic hydroxyl groups excluding tert-OH is 1. The molecule has 0 saturated heterocycles. The van der Waals surface area contributed by atoms with Crippen molar-refractivity contribution >= 4 is 94.4 Å². The zero-order valence-electron chi connectivity index (χ0n) is 43.5. The standard InChI is InChI=1S/C56H69N11O10S2/c1-32(68)48(55(75)65-44(25-34-16-6-3-7-17-34)52(72)66-47(31-79)56(76)77)67-50(70)42(22-12-13-23-57)61-53(73)45(26-35-28-59-40-20-10-8-18-37(35)40)64-54(74)46(27-36-29-60-41-21-11-9-19-38(36)41)63-51(71)43(62-49(69)39(58)30-78)24-33-14-4-2-5-15-33/h2-11,14-21,28-29,32,39,42-48,59-60,68,78-79H,12-13,22-27,30-31,57-58H2,1H3,(H,61,73)(H,62,69)(H,63,71)(H,64,74)(H,65,75)(H,66,72)(H,67,70)(H,76,77)/t32?,39-,42-,43-,44-,45+,46-,47+,48-/m0/s1. The third-order valence-corrected chi connectivity index (χ3v) is 14.0. The van der Waals surface area contributed by atoms with Crippen molar-refractivity contribution in [1.29, 1.82) is 0 Å². The van der Waals surface area contributed by atoms with Crippen molar-refractivity contribution in [3.8, 4) is 0 Å². The fourth-order valence-corrected chi connectivity index (χ4v) is 9.31. The summed E-state index contributed by atoms with van der Waals surface area (Å²) in [5.41, 5.74) is 15.9. The molecule has 0 aliphatic carbocycles. The molecule has 1 unspecified atom stereocenters. The molecule has 420 valence electrons. The van der Waals surface area contributed by atoms with E-state index in [1.165, 1.54) is 6.92 Å². The summed E-state index contributed by atoms with van der Waals surface area (Å²) in [6.07, 6.45) is 2.30. The van der Waals surface area contributed by atoms with Gasteiger partial charge in [-0.15, -0.1) is 0 Å². The Kier molecular flexibility index (Phi) is 22.9. The number of hydrogen-bond acceptors (Lipinski definition) is 13. The van der Waals surface area contributed by atoms with Gasteiger partial charge in [0, 0.05) is 71.4 Å². The van der Waals surface area contributed by atoms with Gasteiger partial charge in [-0.05, 0) is 67.1 Å². The number of H-pyrrole nitrogens is 2. The van der Waals surface area contributed by atoms with Crippen molar-refractivity contribution in [2.45, 2.75) is 106 Å². The number of aromatic amines is 2. The Labute approximate surface area is 467 Å². The summed E-state index contributed by atoms with van der Waals surface area (Å²) in [5, 5.41) is 40.8. The van der Waals surface area contributed by atoms with Crippen LogP contribution in [0.5, 0.6) is 0 Å². The summed E-state index contributed by atoms with van der Waals surface area (Å²) in [7, 11) is 0. The molecule has 4 aromatic carbocycles. The average molecular weight is 1120 g/mol. The molecular formula is C56H69N11O10S2. The first kappa shape index (κ1) is 60.5. The highest BCUT2D eigenvalue weighted by molar-refractivity contribution is 7.80. The largest absolute Gasteiger partial charge is 0.480 e. The number of aromatic nitrogens is 2. The number of amides is 7. The number of benzene rings is 4. The summed E-state index contributed by atoms with van der Waals surface area (Å²) in [5.74, 6) is -7.34. The maximum Gasteiger partial charge on any atom is 0.327 e. The maximum absolute atomic E-state index is 15.0. The number of hydrogen-bond donors (Lipinski definition) is 15. The summed E-state index contributed by atoms with van der Waals surface area (Å²) in [6, 6.07) is 21.3. The van der Waals surface area contributed by atoms with E-state index >= 15 is 4.79 Å². The van der Waals surface area contributed by atoms with Gasteiger partial charge in [-0.1, -0.05) is 97.1 Å². The minimum absolute atomic E-state index is 0.00615. The highest BCUT2D eigenvalue weighted by atomic mass is 32.1. The van der Waals surface area contributed by atoms with E-state index in [0.29, 0.717) is 35.1 Å². The zero-order valence-corrected chi connectivity index (χ0v) is 45.3. The summed E-state index contributed by atoms with van der Waals surface area (Å²) in [6.45, 7) is 1.48.